The van der Waals surface area contributed by atoms with Gasteiger partial charge in [-0.15, -0.1) is 0 Å². The van der Waals surface area contributed by atoms with Crippen LogP contribution in [0.3, 0.4) is 0 Å². The minimum absolute atomic E-state index is 0.0542. The smallest absolute Gasteiger partial charge is 0.240 e. The number of benzene rings is 2. The van der Waals surface area contributed by atoms with Crippen molar-refractivity contribution >= 4 is 33.2 Å². The van der Waals surface area contributed by atoms with E-state index in [9.17, 15) is 13.2 Å². The average molecular weight is 455 g/mol. The van der Waals surface area contributed by atoms with Crippen LogP contribution in [0.25, 0.3) is 0 Å². The third kappa shape index (κ3) is 6.10. The van der Waals surface area contributed by atoms with Crippen LogP contribution in [0.4, 0.5) is 5.69 Å². The van der Waals surface area contributed by atoms with Crippen molar-refractivity contribution in [2.24, 2.45) is 0 Å². The Kier molecular flexibility index (Phi) is 7.74. The first kappa shape index (κ1) is 24.0. The van der Waals surface area contributed by atoms with Crippen LogP contribution in [0, 0.1) is 0 Å². The van der Waals surface area contributed by atoms with E-state index in [-0.39, 0.29) is 29.2 Å². The van der Waals surface area contributed by atoms with Crippen molar-refractivity contribution in [3.05, 3.63) is 47.0 Å². The molecule has 2 N–H and O–H groups in total. The van der Waals surface area contributed by atoms with Crippen molar-refractivity contribution in [3.8, 4) is 11.5 Å². The summed E-state index contributed by atoms with van der Waals surface area (Å²) in [6.07, 6.45) is -0.0634. The normalized spacial score (nSPS) is 11.8. The first-order valence-corrected chi connectivity index (χ1v) is 11.2. The Morgan fingerprint density at radius 2 is 1.63 bits per heavy atom. The monoisotopic (exact) mass is 454 g/mol. The van der Waals surface area contributed by atoms with Crippen LogP contribution in [0.1, 0.15) is 32.8 Å². The van der Waals surface area contributed by atoms with E-state index in [1.165, 1.54) is 20.3 Å². The number of carbonyl (C=O) groups is 1. The highest BCUT2D eigenvalue weighted by molar-refractivity contribution is 7.89. The number of hydrogen-bond donors (Lipinski definition) is 2. The van der Waals surface area contributed by atoms with E-state index in [2.05, 4.69) is 30.8 Å². The van der Waals surface area contributed by atoms with Crippen LogP contribution in [0.5, 0.6) is 11.5 Å². The number of ether oxygens (including phenoxy) is 2. The Labute approximate surface area is 182 Å². The number of amides is 1. The molecule has 7 nitrogen and oxygen atoms in total. The topological polar surface area (TPSA) is 93.7 Å². The molecule has 2 aromatic carbocycles. The summed E-state index contributed by atoms with van der Waals surface area (Å²) in [7, 11) is -0.782. The van der Waals surface area contributed by atoms with Gasteiger partial charge in [-0.1, -0.05) is 44.5 Å². The Morgan fingerprint density at radius 1 is 1.03 bits per heavy atom. The summed E-state index contributed by atoms with van der Waals surface area (Å²) in [5.41, 5.74) is 1.33. The molecule has 0 radical (unpaired) electrons. The van der Waals surface area contributed by atoms with E-state index in [0.717, 1.165) is 5.56 Å². The van der Waals surface area contributed by atoms with Crippen molar-refractivity contribution in [1.82, 2.24) is 4.72 Å². The fourth-order valence-electron chi connectivity index (χ4n) is 2.69. The Balaban J connectivity index is 1.98. The molecule has 1 amide bonds. The van der Waals surface area contributed by atoms with Crippen molar-refractivity contribution < 1.29 is 22.7 Å². The molecule has 164 valence electrons. The minimum Gasteiger partial charge on any atom is -0.495 e. The van der Waals surface area contributed by atoms with Gasteiger partial charge in [-0.3, -0.25) is 4.79 Å². The molecule has 0 spiro atoms. The molecule has 0 heterocycles. The van der Waals surface area contributed by atoms with Crippen molar-refractivity contribution in [1.29, 1.82) is 0 Å². The predicted octanol–water partition coefficient (Wildman–Crippen LogP) is 3.96. The molecule has 0 aromatic heterocycles. The number of nitrogens with one attached hydrogen (secondary N) is 2. The van der Waals surface area contributed by atoms with Crippen molar-refractivity contribution in [2.75, 3.05) is 26.1 Å². The molecule has 30 heavy (non-hydrogen) atoms. The maximum Gasteiger partial charge on any atom is 0.240 e. The fourth-order valence-corrected chi connectivity index (χ4v) is 3.96. The zero-order chi connectivity index (χ0) is 22.5. The first-order chi connectivity index (χ1) is 14.0. The van der Waals surface area contributed by atoms with Crippen LogP contribution in [-0.4, -0.2) is 35.1 Å². The third-order valence-electron chi connectivity index (χ3n) is 4.42. The van der Waals surface area contributed by atoms with Gasteiger partial charge in [0.2, 0.25) is 15.9 Å². The molecule has 0 atom stereocenters. The Hall–Kier alpha value is -2.29. The first-order valence-electron chi connectivity index (χ1n) is 9.29. The molecule has 2 aromatic rings. The summed E-state index contributed by atoms with van der Waals surface area (Å²) >= 11 is 6.09. The molecule has 9 heteroatoms. The zero-order valence-corrected chi connectivity index (χ0v) is 19.3. The van der Waals surface area contributed by atoms with Crippen LogP contribution < -0.4 is 19.5 Å². The molecule has 0 aliphatic rings. The van der Waals surface area contributed by atoms with E-state index >= 15 is 0 Å². The SMILES string of the molecule is COc1cc(OC)c(NC(=O)CCNS(=O)(=O)c2ccc(C(C)(C)C)cc2)cc1Cl. The Morgan fingerprint density at radius 3 is 2.17 bits per heavy atom. The molecule has 0 saturated carbocycles. The van der Waals surface area contributed by atoms with E-state index in [0.29, 0.717) is 22.2 Å². The number of rotatable bonds is 8. The van der Waals surface area contributed by atoms with Gasteiger partial charge in [-0.2, -0.15) is 0 Å². The highest BCUT2D eigenvalue weighted by atomic mass is 35.5. The van der Waals surface area contributed by atoms with Crippen LogP contribution >= 0.6 is 11.6 Å². The molecule has 0 fully saturated rings. The largest absolute Gasteiger partial charge is 0.495 e. The molecule has 0 bridgehead atoms. The van der Waals surface area contributed by atoms with Crippen LogP contribution in [0.15, 0.2) is 41.3 Å². The van der Waals surface area contributed by atoms with E-state index < -0.39 is 10.0 Å². The summed E-state index contributed by atoms with van der Waals surface area (Å²) < 4.78 is 37.7. The average Bonchev–Trinajstić information content (AvgIpc) is 2.67. The predicted molar refractivity (Wildman–Crippen MR) is 118 cm³/mol. The minimum atomic E-state index is -3.71. The Bertz CT molecular complexity index is 999. The van der Waals surface area contributed by atoms with Gasteiger partial charge in [-0.25, -0.2) is 13.1 Å². The second-order valence-corrected chi connectivity index (χ2v) is 9.83. The number of halogens is 1. The van der Waals surface area contributed by atoms with E-state index in [4.69, 9.17) is 21.1 Å². The summed E-state index contributed by atoms with van der Waals surface area (Å²) in [5.74, 6) is 0.404. The highest BCUT2D eigenvalue weighted by Gasteiger charge is 2.18. The standard InChI is InChI=1S/C21H27ClN2O5S/c1-21(2,3)14-6-8-15(9-7-14)30(26,27)23-11-10-20(25)24-17-12-16(22)18(28-4)13-19(17)29-5/h6-9,12-13,23H,10-11H2,1-5H3,(H,24,25). The summed E-state index contributed by atoms with van der Waals surface area (Å²) in [5, 5.41) is 2.98. The summed E-state index contributed by atoms with van der Waals surface area (Å²) in [6, 6.07) is 9.78. The van der Waals surface area contributed by atoms with E-state index in [1.807, 2.05) is 0 Å². The summed E-state index contributed by atoms with van der Waals surface area (Å²) in [4.78, 5) is 12.4. The lowest BCUT2D eigenvalue weighted by molar-refractivity contribution is -0.116. The van der Waals surface area contributed by atoms with E-state index in [1.54, 1.807) is 30.3 Å². The third-order valence-corrected chi connectivity index (χ3v) is 6.20. The quantitative estimate of drug-likeness (QED) is 0.629. The molecular formula is C21H27ClN2O5S. The lowest BCUT2D eigenvalue weighted by atomic mass is 9.87. The number of anilines is 1. The highest BCUT2D eigenvalue weighted by Crippen LogP contribution is 2.35. The number of sulfonamides is 1. The summed E-state index contributed by atoms with van der Waals surface area (Å²) in [6.45, 7) is 6.11. The molecule has 2 rings (SSSR count). The van der Waals surface area contributed by atoms with Gasteiger partial charge >= 0.3 is 0 Å². The van der Waals surface area contributed by atoms with Crippen LogP contribution in [-0.2, 0) is 20.2 Å². The van der Waals surface area contributed by atoms with Gasteiger partial charge in [0.15, 0.2) is 0 Å². The van der Waals surface area contributed by atoms with Gasteiger partial charge in [-0.05, 0) is 29.2 Å². The molecule has 0 saturated heterocycles. The number of hydrogen-bond acceptors (Lipinski definition) is 5. The maximum atomic E-state index is 12.5. The second kappa shape index (κ2) is 9.68. The second-order valence-electron chi connectivity index (χ2n) is 7.66. The van der Waals surface area contributed by atoms with Gasteiger partial charge in [0.05, 0.1) is 29.8 Å². The van der Waals surface area contributed by atoms with Gasteiger partial charge in [0.25, 0.3) is 0 Å². The van der Waals surface area contributed by atoms with Gasteiger partial charge in [0, 0.05) is 19.0 Å². The molecule has 0 unspecified atom stereocenters. The van der Waals surface area contributed by atoms with Gasteiger partial charge in [0.1, 0.15) is 11.5 Å². The number of carbonyl (C=O) groups excluding carboxylic acids is 1. The maximum absolute atomic E-state index is 12.5. The van der Waals surface area contributed by atoms with Gasteiger partial charge < -0.3 is 14.8 Å². The van der Waals surface area contributed by atoms with Crippen LogP contribution in [0.2, 0.25) is 5.02 Å². The zero-order valence-electron chi connectivity index (χ0n) is 17.7. The lowest BCUT2D eigenvalue weighted by Crippen LogP contribution is -2.28. The number of methoxy groups -OCH3 is 2. The molecule has 0 aliphatic carbocycles. The fraction of sp³-hybridized carbons (Fsp3) is 0.381. The van der Waals surface area contributed by atoms with Crippen molar-refractivity contribution in [3.63, 3.8) is 0 Å². The molecule has 0 aliphatic heterocycles. The van der Waals surface area contributed by atoms with Crippen molar-refractivity contribution in [2.45, 2.75) is 37.5 Å². The molecular weight excluding hydrogens is 428 g/mol. The lowest BCUT2D eigenvalue weighted by Gasteiger charge is -2.19.